The summed E-state index contributed by atoms with van der Waals surface area (Å²) in [6.07, 6.45) is 3.02. The molecule has 0 heterocycles. The van der Waals surface area contributed by atoms with Crippen molar-refractivity contribution >= 4 is 35.1 Å². The molecule has 0 aromatic heterocycles. The van der Waals surface area contributed by atoms with E-state index in [9.17, 15) is 19.2 Å². The number of aliphatic imine (C=N–C) groups is 2. The first-order chi connectivity index (χ1) is 16.3. The molecular formula is C28H24N2O4. The van der Waals surface area contributed by atoms with Gasteiger partial charge in [-0.15, -0.1) is 0 Å². The molecule has 2 atom stereocenters. The summed E-state index contributed by atoms with van der Waals surface area (Å²) in [6, 6.07) is 23.1. The Kier molecular flexibility index (Phi) is 7.60. The molecule has 2 unspecified atom stereocenters. The molecule has 0 saturated carbocycles. The van der Waals surface area contributed by atoms with Crippen LogP contribution in [0.3, 0.4) is 0 Å². The largest absolute Gasteiger partial charge is 0.299 e. The smallest absolute Gasteiger partial charge is 0.240 e. The second-order valence-corrected chi connectivity index (χ2v) is 8.33. The van der Waals surface area contributed by atoms with Crippen LogP contribution in [0.4, 0.5) is 11.4 Å². The highest BCUT2D eigenvalue weighted by Crippen LogP contribution is 2.50. The van der Waals surface area contributed by atoms with Crippen LogP contribution in [0.15, 0.2) is 88.8 Å². The molecule has 0 bridgehead atoms. The summed E-state index contributed by atoms with van der Waals surface area (Å²) < 4.78 is 0. The van der Waals surface area contributed by atoms with Crippen molar-refractivity contribution in [1.29, 1.82) is 0 Å². The van der Waals surface area contributed by atoms with Gasteiger partial charge in [-0.1, -0.05) is 61.5 Å². The maximum atomic E-state index is 13.2. The van der Waals surface area contributed by atoms with E-state index in [-0.39, 0.29) is 11.6 Å². The Balaban J connectivity index is 2.28. The number of rotatable bonds is 9. The first kappa shape index (κ1) is 24.4. The monoisotopic (exact) mass is 452 g/mol. The van der Waals surface area contributed by atoms with Crippen LogP contribution in [0.1, 0.15) is 49.3 Å². The summed E-state index contributed by atoms with van der Waals surface area (Å²) >= 11 is 0. The molecule has 6 heteroatoms. The molecule has 0 spiro atoms. The summed E-state index contributed by atoms with van der Waals surface area (Å²) in [5.74, 6) is -1.56. The number of benzene rings is 3. The summed E-state index contributed by atoms with van der Waals surface area (Å²) in [6.45, 7) is 4.96. The predicted octanol–water partition coefficient (Wildman–Crippen LogP) is 5.62. The molecule has 34 heavy (non-hydrogen) atoms. The van der Waals surface area contributed by atoms with Gasteiger partial charge in [0, 0.05) is 5.41 Å². The van der Waals surface area contributed by atoms with Crippen LogP contribution < -0.4 is 0 Å². The minimum atomic E-state index is -0.955. The van der Waals surface area contributed by atoms with E-state index in [0.717, 1.165) is 5.56 Å². The maximum Gasteiger partial charge on any atom is 0.240 e. The van der Waals surface area contributed by atoms with Crippen molar-refractivity contribution in [3.63, 3.8) is 0 Å². The van der Waals surface area contributed by atoms with Crippen LogP contribution in [0.2, 0.25) is 0 Å². The highest BCUT2D eigenvalue weighted by molar-refractivity contribution is 5.91. The van der Waals surface area contributed by atoms with Crippen molar-refractivity contribution in [2.24, 2.45) is 9.98 Å². The van der Waals surface area contributed by atoms with Gasteiger partial charge in [-0.2, -0.15) is 9.98 Å². The van der Waals surface area contributed by atoms with Gasteiger partial charge in [0.15, 0.2) is 0 Å². The average molecular weight is 453 g/mol. The molecule has 6 nitrogen and oxygen atoms in total. The zero-order chi connectivity index (χ0) is 24.7. The Morgan fingerprint density at radius 2 is 1.06 bits per heavy atom. The number of ketones is 2. The van der Waals surface area contributed by atoms with Crippen LogP contribution in [-0.2, 0) is 24.6 Å². The van der Waals surface area contributed by atoms with Gasteiger partial charge in [-0.05, 0) is 54.8 Å². The second-order valence-electron chi connectivity index (χ2n) is 8.33. The van der Waals surface area contributed by atoms with E-state index in [1.54, 1.807) is 48.5 Å². The molecule has 0 amide bonds. The molecule has 170 valence electrons. The lowest BCUT2D eigenvalue weighted by Crippen LogP contribution is -2.43. The fourth-order valence-electron chi connectivity index (χ4n) is 4.89. The summed E-state index contributed by atoms with van der Waals surface area (Å²) in [7, 11) is 0. The number of hydrogen-bond acceptors (Lipinski definition) is 6. The molecule has 0 saturated heterocycles. The third kappa shape index (κ3) is 4.89. The number of Topliss-reactive ketones (excluding diaryl/α,β-unsaturated/α-hetero) is 2. The summed E-state index contributed by atoms with van der Waals surface area (Å²) in [4.78, 5) is 54.9. The normalized spacial score (nSPS) is 14.0. The van der Waals surface area contributed by atoms with Crippen molar-refractivity contribution in [3.05, 3.63) is 95.6 Å². The Labute approximate surface area is 198 Å². The molecule has 0 N–H and O–H groups in total. The van der Waals surface area contributed by atoms with Crippen molar-refractivity contribution in [1.82, 2.24) is 0 Å². The van der Waals surface area contributed by atoms with Gasteiger partial charge in [-0.25, -0.2) is 9.59 Å². The third-order valence-corrected chi connectivity index (χ3v) is 6.21. The lowest BCUT2D eigenvalue weighted by Gasteiger charge is -2.43. The molecule has 3 rings (SSSR count). The Hall–Kier alpha value is -4.24. The van der Waals surface area contributed by atoms with Crippen LogP contribution in [0, 0.1) is 0 Å². The zero-order valence-corrected chi connectivity index (χ0v) is 19.2. The first-order valence-corrected chi connectivity index (χ1v) is 10.7. The van der Waals surface area contributed by atoms with E-state index < -0.39 is 17.3 Å². The maximum absolute atomic E-state index is 13.2. The lowest BCUT2D eigenvalue weighted by molar-refractivity contribution is -0.123. The minimum absolute atomic E-state index is 0.105. The van der Waals surface area contributed by atoms with Crippen molar-refractivity contribution in [2.75, 3.05) is 0 Å². The van der Waals surface area contributed by atoms with Gasteiger partial charge >= 0.3 is 0 Å². The van der Waals surface area contributed by atoms with Crippen LogP contribution in [0.5, 0.6) is 0 Å². The van der Waals surface area contributed by atoms with Gasteiger partial charge < -0.3 is 0 Å². The highest BCUT2D eigenvalue weighted by atomic mass is 16.1. The van der Waals surface area contributed by atoms with E-state index in [1.807, 2.05) is 37.3 Å². The topological polar surface area (TPSA) is 93.0 Å². The van der Waals surface area contributed by atoms with Crippen LogP contribution in [0.25, 0.3) is 0 Å². The first-order valence-electron chi connectivity index (χ1n) is 10.7. The zero-order valence-electron chi connectivity index (χ0n) is 19.2. The van der Waals surface area contributed by atoms with Gasteiger partial charge in [0.1, 0.15) is 11.6 Å². The second kappa shape index (κ2) is 10.6. The molecule has 0 aliphatic heterocycles. The van der Waals surface area contributed by atoms with E-state index in [2.05, 4.69) is 9.98 Å². The number of nitrogens with zero attached hydrogens (tertiary/aromatic N) is 2. The standard InChI is InChI=1S/C28H24N2O4/c1-19(33)26(21-9-13-24(14-10-21)29-17-31)28(3,23-7-5-4-6-8-23)27(20(2)34)22-11-15-25(16-12-22)30-18-32/h4-16,26-27H,1-3H3. The molecule has 3 aromatic rings. The molecule has 3 aromatic carbocycles. The summed E-state index contributed by atoms with van der Waals surface area (Å²) in [5.41, 5.74) is 2.15. The van der Waals surface area contributed by atoms with Crippen LogP contribution >= 0.6 is 0 Å². The Morgan fingerprint density at radius 3 is 1.38 bits per heavy atom. The molecule has 0 aliphatic rings. The molecular weight excluding hydrogens is 428 g/mol. The van der Waals surface area contributed by atoms with E-state index in [4.69, 9.17) is 0 Å². The quantitative estimate of drug-likeness (QED) is 0.311. The van der Waals surface area contributed by atoms with Crippen molar-refractivity contribution in [2.45, 2.75) is 38.0 Å². The fourth-order valence-corrected chi connectivity index (χ4v) is 4.89. The SMILES string of the molecule is CC(=O)C(c1ccc(N=C=O)cc1)C(C)(c1ccccc1)C(C(C)=O)c1ccc(N=C=O)cc1. The number of carbonyl (C=O) groups is 2. The molecule has 0 aliphatic carbocycles. The lowest BCUT2D eigenvalue weighted by atomic mass is 9.58. The third-order valence-electron chi connectivity index (χ3n) is 6.21. The van der Waals surface area contributed by atoms with E-state index >= 15 is 0 Å². The number of isocyanates is 2. The van der Waals surface area contributed by atoms with Gasteiger partial charge in [-0.3, -0.25) is 9.59 Å². The van der Waals surface area contributed by atoms with Gasteiger partial charge in [0.05, 0.1) is 23.2 Å². The van der Waals surface area contributed by atoms with Crippen molar-refractivity contribution in [3.8, 4) is 0 Å². The summed E-state index contributed by atoms with van der Waals surface area (Å²) in [5, 5.41) is 0. The number of carbonyl (C=O) groups excluding carboxylic acids is 4. The van der Waals surface area contributed by atoms with Crippen LogP contribution in [-0.4, -0.2) is 23.7 Å². The van der Waals surface area contributed by atoms with Gasteiger partial charge in [0.2, 0.25) is 12.2 Å². The molecule has 0 fully saturated rings. The van der Waals surface area contributed by atoms with E-state index in [1.165, 1.54) is 26.0 Å². The Morgan fingerprint density at radius 1 is 0.676 bits per heavy atom. The minimum Gasteiger partial charge on any atom is -0.299 e. The highest BCUT2D eigenvalue weighted by Gasteiger charge is 2.48. The van der Waals surface area contributed by atoms with Crippen molar-refractivity contribution < 1.29 is 19.2 Å². The molecule has 0 radical (unpaired) electrons. The fraction of sp³-hybridized carbons (Fsp3) is 0.214. The number of hydrogen-bond donors (Lipinski definition) is 0. The predicted molar refractivity (Wildman–Crippen MR) is 129 cm³/mol. The van der Waals surface area contributed by atoms with E-state index in [0.29, 0.717) is 22.5 Å². The van der Waals surface area contributed by atoms with Gasteiger partial charge in [0.25, 0.3) is 0 Å². The Bertz CT molecular complexity index is 1190. The average Bonchev–Trinajstić information content (AvgIpc) is 2.82.